The molecule has 1 aromatic carbocycles. The van der Waals surface area contributed by atoms with Crippen LogP contribution >= 0.6 is 27.3 Å². The summed E-state index contributed by atoms with van der Waals surface area (Å²) in [6.07, 6.45) is 0. The average Bonchev–Trinajstić information content (AvgIpc) is 2.80. The molecule has 1 aliphatic heterocycles. The Labute approximate surface area is 129 Å². The molecule has 1 aliphatic rings. The maximum Gasteiger partial charge on any atom is 0.190 e. The molecular weight excluding hydrogens is 340 g/mol. The van der Waals surface area contributed by atoms with Crippen LogP contribution in [0.5, 0.6) is 5.75 Å². The molecule has 20 heavy (non-hydrogen) atoms. The van der Waals surface area contributed by atoms with Crippen molar-refractivity contribution in [2.24, 2.45) is 0 Å². The molecule has 0 amide bonds. The third-order valence-electron chi connectivity index (χ3n) is 3.12. The maximum absolute atomic E-state index is 11.6. The number of ether oxygens (including phenoxy) is 1. The minimum atomic E-state index is 0.0639. The summed E-state index contributed by atoms with van der Waals surface area (Å²) in [4.78, 5) is 18.9. The molecule has 0 bridgehead atoms. The van der Waals surface area contributed by atoms with Gasteiger partial charge in [0, 0.05) is 11.4 Å². The second-order valence-corrected chi connectivity index (χ2v) is 6.47. The van der Waals surface area contributed by atoms with Crippen LogP contribution in [0, 0.1) is 6.92 Å². The van der Waals surface area contributed by atoms with Gasteiger partial charge in [0.15, 0.2) is 10.9 Å². The van der Waals surface area contributed by atoms with Gasteiger partial charge >= 0.3 is 0 Å². The number of anilines is 2. The van der Waals surface area contributed by atoms with E-state index >= 15 is 0 Å². The molecule has 0 atom stereocenters. The van der Waals surface area contributed by atoms with Crippen molar-refractivity contribution in [2.75, 3.05) is 18.1 Å². The van der Waals surface area contributed by atoms with Crippen LogP contribution in [0.2, 0.25) is 0 Å². The van der Waals surface area contributed by atoms with Gasteiger partial charge in [-0.25, -0.2) is 4.98 Å². The maximum atomic E-state index is 11.6. The molecule has 0 saturated carbocycles. The van der Waals surface area contributed by atoms with Crippen molar-refractivity contribution in [3.05, 3.63) is 33.2 Å². The van der Waals surface area contributed by atoms with Crippen LogP contribution in [-0.4, -0.2) is 23.9 Å². The number of benzene rings is 1. The van der Waals surface area contributed by atoms with Gasteiger partial charge in [-0.3, -0.25) is 4.79 Å². The van der Waals surface area contributed by atoms with Crippen molar-refractivity contribution in [2.45, 2.75) is 13.8 Å². The van der Waals surface area contributed by atoms with Crippen molar-refractivity contribution in [1.29, 1.82) is 0 Å². The Kier molecular flexibility index (Phi) is 3.52. The van der Waals surface area contributed by atoms with Gasteiger partial charge in [0.2, 0.25) is 0 Å². The summed E-state index contributed by atoms with van der Waals surface area (Å²) in [6, 6.07) is 5.91. The van der Waals surface area contributed by atoms with Crippen LogP contribution in [0.3, 0.4) is 0 Å². The lowest BCUT2D eigenvalue weighted by Gasteiger charge is -2.29. The highest BCUT2D eigenvalue weighted by atomic mass is 79.9. The van der Waals surface area contributed by atoms with E-state index in [1.54, 1.807) is 6.92 Å². The molecule has 0 aliphatic carbocycles. The molecule has 0 spiro atoms. The Morgan fingerprint density at radius 3 is 3.00 bits per heavy atom. The zero-order chi connectivity index (χ0) is 14.3. The molecule has 2 heterocycles. The Hall–Kier alpha value is -1.40. The number of halogens is 1. The largest absolute Gasteiger partial charge is 0.490 e. The standard InChI is InChI=1S/C14H13BrN2O2S/c1-8-13(9(2)18)20-14(16-8)17-5-6-19-12-4-3-10(15)7-11(12)17/h3-4,7H,5-6H2,1-2H3. The summed E-state index contributed by atoms with van der Waals surface area (Å²) in [5.41, 5.74) is 1.77. The smallest absolute Gasteiger partial charge is 0.190 e. The van der Waals surface area contributed by atoms with Crippen molar-refractivity contribution in [3.8, 4) is 5.75 Å². The molecule has 4 nitrogen and oxygen atoms in total. The van der Waals surface area contributed by atoms with Crippen molar-refractivity contribution >= 4 is 43.9 Å². The van der Waals surface area contributed by atoms with Gasteiger partial charge < -0.3 is 9.64 Å². The predicted molar refractivity (Wildman–Crippen MR) is 83.5 cm³/mol. The Bertz CT molecular complexity index is 684. The summed E-state index contributed by atoms with van der Waals surface area (Å²) >= 11 is 4.92. The number of hydrogen-bond acceptors (Lipinski definition) is 5. The SMILES string of the molecule is CC(=O)c1sc(N2CCOc3ccc(Br)cc32)nc1C. The number of nitrogens with zero attached hydrogens (tertiary/aromatic N) is 2. The number of Topliss-reactive ketones (excluding diaryl/α,β-unsaturated/α-hetero) is 1. The van der Waals surface area contributed by atoms with E-state index in [1.807, 2.05) is 25.1 Å². The minimum Gasteiger partial charge on any atom is -0.490 e. The summed E-state index contributed by atoms with van der Waals surface area (Å²) in [5.74, 6) is 0.908. The molecule has 3 rings (SSSR count). The Morgan fingerprint density at radius 2 is 2.30 bits per heavy atom. The normalized spacial score (nSPS) is 13.8. The van der Waals surface area contributed by atoms with Crippen molar-refractivity contribution in [1.82, 2.24) is 4.98 Å². The quantitative estimate of drug-likeness (QED) is 0.767. The molecule has 104 valence electrons. The van der Waals surface area contributed by atoms with Crippen LogP contribution in [0.15, 0.2) is 22.7 Å². The van der Waals surface area contributed by atoms with Gasteiger partial charge in [-0.1, -0.05) is 27.3 Å². The number of aryl methyl sites for hydroxylation is 1. The molecule has 0 radical (unpaired) electrons. The fraction of sp³-hybridized carbons (Fsp3) is 0.286. The Morgan fingerprint density at radius 1 is 1.50 bits per heavy atom. The van der Waals surface area contributed by atoms with Crippen LogP contribution in [-0.2, 0) is 0 Å². The van der Waals surface area contributed by atoms with Crippen molar-refractivity contribution in [3.63, 3.8) is 0 Å². The first-order valence-corrected chi connectivity index (χ1v) is 7.85. The predicted octanol–water partition coefficient (Wildman–Crippen LogP) is 3.95. The van der Waals surface area contributed by atoms with E-state index in [1.165, 1.54) is 11.3 Å². The fourth-order valence-electron chi connectivity index (χ4n) is 2.21. The molecule has 2 aromatic rings. The van der Waals surface area contributed by atoms with Gasteiger partial charge in [0.25, 0.3) is 0 Å². The van der Waals surface area contributed by atoms with Gasteiger partial charge in [-0.15, -0.1) is 0 Å². The Balaban J connectivity index is 2.06. The van der Waals surface area contributed by atoms with Gasteiger partial charge in [0.05, 0.1) is 22.8 Å². The third kappa shape index (κ3) is 2.33. The second kappa shape index (κ2) is 5.18. The number of carbonyl (C=O) groups is 1. The fourth-order valence-corrected chi connectivity index (χ4v) is 3.56. The second-order valence-electron chi connectivity index (χ2n) is 4.58. The first kappa shape index (κ1) is 13.6. The van der Waals surface area contributed by atoms with Crippen LogP contribution in [0.25, 0.3) is 0 Å². The zero-order valence-electron chi connectivity index (χ0n) is 11.1. The van der Waals surface area contributed by atoms with Gasteiger partial charge in [0.1, 0.15) is 12.4 Å². The first-order chi connectivity index (χ1) is 9.56. The monoisotopic (exact) mass is 352 g/mol. The lowest BCUT2D eigenvalue weighted by molar-refractivity contribution is 0.102. The zero-order valence-corrected chi connectivity index (χ0v) is 13.5. The van der Waals surface area contributed by atoms with E-state index in [0.29, 0.717) is 6.61 Å². The van der Waals surface area contributed by atoms with E-state index in [9.17, 15) is 4.79 Å². The van der Waals surface area contributed by atoms with Crippen LogP contribution in [0.4, 0.5) is 10.8 Å². The van der Waals surface area contributed by atoms with Crippen LogP contribution in [0.1, 0.15) is 22.3 Å². The molecular formula is C14H13BrN2O2S. The number of hydrogen-bond donors (Lipinski definition) is 0. The minimum absolute atomic E-state index is 0.0639. The van der Waals surface area contributed by atoms with E-state index in [0.717, 1.165) is 38.2 Å². The average molecular weight is 353 g/mol. The number of thiazole rings is 1. The molecule has 6 heteroatoms. The first-order valence-electron chi connectivity index (χ1n) is 6.24. The topological polar surface area (TPSA) is 42.4 Å². The summed E-state index contributed by atoms with van der Waals surface area (Å²) in [7, 11) is 0. The highest BCUT2D eigenvalue weighted by molar-refractivity contribution is 9.10. The summed E-state index contributed by atoms with van der Waals surface area (Å²) in [6.45, 7) is 4.80. The highest BCUT2D eigenvalue weighted by Gasteiger charge is 2.24. The molecule has 0 unspecified atom stereocenters. The van der Waals surface area contributed by atoms with E-state index in [4.69, 9.17) is 4.74 Å². The molecule has 0 fully saturated rings. The van der Waals surface area contributed by atoms with Crippen molar-refractivity contribution < 1.29 is 9.53 Å². The highest BCUT2D eigenvalue weighted by Crippen LogP contribution is 2.40. The molecule has 0 N–H and O–H groups in total. The van der Waals surface area contributed by atoms with Gasteiger partial charge in [-0.2, -0.15) is 0 Å². The lowest BCUT2D eigenvalue weighted by Crippen LogP contribution is -2.28. The molecule has 0 saturated heterocycles. The van der Waals surface area contributed by atoms with E-state index < -0.39 is 0 Å². The van der Waals surface area contributed by atoms with E-state index in [-0.39, 0.29) is 5.78 Å². The number of ketones is 1. The van der Waals surface area contributed by atoms with Gasteiger partial charge in [-0.05, 0) is 25.1 Å². The number of carbonyl (C=O) groups excluding carboxylic acids is 1. The van der Waals surface area contributed by atoms with Crippen LogP contribution < -0.4 is 9.64 Å². The summed E-state index contributed by atoms with van der Waals surface area (Å²) < 4.78 is 6.65. The third-order valence-corrected chi connectivity index (χ3v) is 4.89. The number of rotatable bonds is 2. The number of aromatic nitrogens is 1. The summed E-state index contributed by atoms with van der Waals surface area (Å²) in [5, 5.41) is 0.843. The lowest BCUT2D eigenvalue weighted by atomic mass is 10.2. The van der Waals surface area contributed by atoms with E-state index in [2.05, 4.69) is 25.8 Å². The molecule has 1 aromatic heterocycles. The number of fused-ring (bicyclic) bond motifs is 1.